The number of allylic oxidation sites excluding steroid dienone is 2. The van der Waals surface area contributed by atoms with Gasteiger partial charge in [-0.05, 0) is 88.1 Å². The van der Waals surface area contributed by atoms with E-state index in [0.717, 1.165) is 38.8 Å². The molecule has 2 nitrogen and oxygen atoms in total. The molecule has 5 heterocycles. The third-order valence-electron chi connectivity index (χ3n) is 7.15. The Bertz CT molecular complexity index is 1470. The molecule has 0 N–H and O–H groups in total. The number of rotatable bonds is 10. The fourth-order valence-corrected chi connectivity index (χ4v) is 8.98. The zero-order valence-electron chi connectivity index (χ0n) is 23.0. The summed E-state index contributed by atoms with van der Waals surface area (Å²) in [5.74, 6) is 0. The Balaban J connectivity index is 1.56. The van der Waals surface area contributed by atoms with Crippen molar-refractivity contribution in [1.82, 2.24) is 9.13 Å². The zero-order chi connectivity index (χ0) is 26.1. The predicted molar refractivity (Wildman–Crippen MR) is 170 cm³/mol. The van der Waals surface area contributed by atoms with Crippen molar-refractivity contribution in [3.05, 3.63) is 58.9 Å². The van der Waals surface area contributed by atoms with Gasteiger partial charge in [0.25, 0.3) is 0 Å². The topological polar surface area (TPSA) is 9.86 Å². The second kappa shape index (κ2) is 11.2. The molecule has 0 aliphatic heterocycles. The van der Waals surface area contributed by atoms with Crippen molar-refractivity contribution in [2.45, 2.75) is 80.3 Å². The molecule has 0 radical (unpaired) electrons. The molecule has 0 fully saturated rings. The first-order valence-corrected chi connectivity index (χ1v) is 16.1. The third-order valence-corrected chi connectivity index (χ3v) is 11.0. The molecule has 0 aliphatic carbocycles. The molecule has 0 atom stereocenters. The molecule has 0 unspecified atom stereocenters. The number of nitrogens with zero attached hydrogens (tertiary/aromatic N) is 2. The molecule has 0 saturated heterocycles. The van der Waals surface area contributed by atoms with Gasteiger partial charge in [-0.3, -0.25) is 0 Å². The van der Waals surface area contributed by atoms with Crippen molar-refractivity contribution in [3.8, 4) is 21.1 Å². The summed E-state index contributed by atoms with van der Waals surface area (Å²) >= 11 is 5.89. The Kier molecular flexibility index (Phi) is 7.94. The third kappa shape index (κ3) is 5.06. The highest BCUT2D eigenvalue weighted by molar-refractivity contribution is 7.40. The SMILES string of the molecule is CCCn1c(/C=C(/C)CC)ccc1-c1cc2sc3cc(-c4ccc(/C=C(/C)CC)n4CCC)sc3c2s1. The van der Waals surface area contributed by atoms with Crippen LogP contribution in [0.25, 0.3) is 52.1 Å². The van der Waals surface area contributed by atoms with E-state index in [4.69, 9.17) is 0 Å². The first kappa shape index (κ1) is 26.3. The van der Waals surface area contributed by atoms with Gasteiger partial charge in [-0.1, -0.05) is 38.8 Å². The maximum Gasteiger partial charge on any atom is 0.0636 e. The van der Waals surface area contributed by atoms with E-state index in [1.807, 2.05) is 34.0 Å². The van der Waals surface area contributed by atoms with Crippen molar-refractivity contribution in [1.29, 1.82) is 0 Å². The maximum absolute atomic E-state index is 2.51. The minimum Gasteiger partial charge on any atom is -0.340 e. The Morgan fingerprint density at radius 3 is 1.46 bits per heavy atom. The minimum atomic E-state index is 1.05. The van der Waals surface area contributed by atoms with Crippen LogP contribution in [-0.4, -0.2) is 9.13 Å². The van der Waals surface area contributed by atoms with Crippen LogP contribution in [0, 0.1) is 0 Å². The fourth-order valence-electron chi connectivity index (χ4n) is 4.89. The van der Waals surface area contributed by atoms with Crippen molar-refractivity contribution >= 4 is 65.0 Å². The van der Waals surface area contributed by atoms with Gasteiger partial charge in [0.15, 0.2) is 0 Å². The first-order chi connectivity index (χ1) is 18.0. The van der Waals surface area contributed by atoms with E-state index >= 15 is 0 Å². The normalized spacial score (nSPS) is 13.0. The quantitative estimate of drug-likeness (QED) is 0.165. The summed E-state index contributed by atoms with van der Waals surface area (Å²) in [6.45, 7) is 15.6. The van der Waals surface area contributed by atoms with E-state index in [-0.39, 0.29) is 0 Å². The highest BCUT2D eigenvalue weighted by Gasteiger charge is 2.18. The zero-order valence-corrected chi connectivity index (χ0v) is 25.4. The van der Waals surface area contributed by atoms with Crippen LogP contribution < -0.4 is 0 Å². The van der Waals surface area contributed by atoms with E-state index in [1.54, 1.807) is 0 Å². The summed E-state index contributed by atoms with van der Waals surface area (Å²) in [7, 11) is 0. The van der Waals surface area contributed by atoms with Crippen LogP contribution in [0.1, 0.15) is 78.6 Å². The molecular formula is C32H38N2S3. The molecule has 0 aliphatic rings. The van der Waals surface area contributed by atoms with Crippen molar-refractivity contribution in [2.75, 3.05) is 0 Å². The lowest BCUT2D eigenvalue weighted by Gasteiger charge is -2.10. The molecule has 0 saturated carbocycles. The van der Waals surface area contributed by atoms with Crippen molar-refractivity contribution in [3.63, 3.8) is 0 Å². The molecule has 37 heavy (non-hydrogen) atoms. The van der Waals surface area contributed by atoms with E-state index in [9.17, 15) is 0 Å². The molecule has 5 aromatic heterocycles. The lowest BCUT2D eigenvalue weighted by molar-refractivity contribution is 0.684. The van der Waals surface area contributed by atoms with E-state index < -0.39 is 0 Å². The average Bonchev–Trinajstić information content (AvgIpc) is 3.68. The lowest BCUT2D eigenvalue weighted by Crippen LogP contribution is -2.01. The Morgan fingerprint density at radius 2 is 1.08 bits per heavy atom. The summed E-state index contributed by atoms with van der Waals surface area (Å²) in [6.07, 6.45) is 9.18. The van der Waals surface area contributed by atoms with Gasteiger partial charge < -0.3 is 9.13 Å². The number of hydrogen-bond acceptors (Lipinski definition) is 3. The molecule has 5 rings (SSSR count). The number of hydrogen-bond donors (Lipinski definition) is 0. The van der Waals surface area contributed by atoms with Crippen LogP contribution in [0.2, 0.25) is 0 Å². The Labute approximate surface area is 233 Å². The molecule has 5 heteroatoms. The maximum atomic E-state index is 2.51. The lowest BCUT2D eigenvalue weighted by atomic mass is 10.2. The van der Waals surface area contributed by atoms with E-state index in [1.165, 1.54) is 62.5 Å². The monoisotopic (exact) mass is 546 g/mol. The minimum absolute atomic E-state index is 1.05. The molecule has 0 amide bonds. The van der Waals surface area contributed by atoms with Crippen molar-refractivity contribution in [2.24, 2.45) is 0 Å². The molecule has 0 spiro atoms. The van der Waals surface area contributed by atoms with Gasteiger partial charge in [-0.15, -0.1) is 34.0 Å². The molecular weight excluding hydrogens is 509 g/mol. The van der Waals surface area contributed by atoms with E-state index in [2.05, 4.69) is 99.2 Å². The van der Waals surface area contributed by atoms with Crippen LogP contribution >= 0.6 is 34.0 Å². The van der Waals surface area contributed by atoms with Gasteiger partial charge in [0.1, 0.15) is 0 Å². The van der Waals surface area contributed by atoms with Gasteiger partial charge in [-0.2, -0.15) is 0 Å². The van der Waals surface area contributed by atoms with Gasteiger partial charge in [0.05, 0.1) is 30.5 Å². The number of thiophene rings is 3. The fraction of sp³-hybridized carbons (Fsp3) is 0.375. The molecule has 5 aromatic rings. The van der Waals surface area contributed by atoms with Crippen molar-refractivity contribution < 1.29 is 0 Å². The highest BCUT2D eigenvalue weighted by atomic mass is 32.1. The van der Waals surface area contributed by atoms with Crippen LogP contribution in [0.5, 0.6) is 0 Å². The molecule has 194 valence electrons. The number of aromatic nitrogens is 2. The molecule has 0 aromatic carbocycles. The predicted octanol–water partition coefficient (Wildman–Crippen LogP) is 11.6. The summed E-state index contributed by atoms with van der Waals surface area (Å²) in [5, 5.41) is 0. The largest absolute Gasteiger partial charge is 0.340 e. The van der Waals surface area contributed by atoms with E-state index in [0.29, 0.717) is 0 Å². The highest BCUT2D eigenvalue weighted by Crippen LogP contribution is 2.48. The second-order valence-corrected chi connectivity index (χ2v) is 13.2. The van der Waals surface area contributed by atoms with Crippen LogP contribution in [0.3, 0.4) is 0 Å². The van der Waals surface area contributed by atoms with Gasteiger partial charge in [0.2, 0.25) is 0 Å². The van der Waals surface area contributed by atoms with Crippen LogP contribution in [0.4, 0.5) is 0 Å². The number of fused-ring (bicyclic) bond motifs is 3. The summed E-state index contributed by atoms with van der Waals surface area (Å²) in [6, 6.07) is 14.1. The Hall–Kier alpha value is -2.34. The summed E-state index contributed by atoms with van der Waals surface area (Å²) < 4.78 is 10.8. The first-order valence-electron chi connectivity index (χ1n) is 13.7. The van der Waals surface area contributed by atoms with Crippen LogP contribution in [0.15, 0.2) is 47.5 Å². The van der Waals surface area contributed by atoms with Gasteiger partial charge in [0, 0.05) is 33.9 Å². The standard InChI is InChI=1S/C32H38N2S3/c1-7-15-33-23(17-21(5)9-3)11-13-25(33)27-19-29-31(36-27)32-30(35-29)20-28(37-32)26-14-12-24(18-22(6)10-4)34(26)16-8-2/h11-14,17-20H,7-10,15-16H2,1-6H3/b21-17-,22-18-. The summed E-state index contributed by atoms with van der Waals surface area (Å²) in [5.41, 5.74) is 8.23. The smallest absolute Gasteiger partial charge is 0.0636 e. The Morgan fingerprint density at radius 1 is 0.649 bits per heavy atom. The van der Waals surface area contributed by atoms with Crippen LogP contribution in [-0.2, 0) is 13.1 Å². The molecule has 0 bridgehead atoms. The second-order valence-electron chi connectivity index (χ2n) is 9.99. The van der Waals surface area contributed by atoms with Gasteiger partial charge in [-0.25, -0.2) is 0 Å². The summed E-state index contributed by atoms with van der Waals surface area (Å²) in [4.78, 5) is 2.77. The van der Waals surface area contributed by atoms with Gasteiger partial charge >= 0.3 is 0 Å². The average molecular weight is 547 g/mol.